The van der Waals surface area contributed by atoms with E-state index in [1.807, 2.05) is 12.1 Å². The van der Waals surface area contributed by atoms with Gasteiger partial charge in [-0.25, -0.2) is 13.4 Å². The molecule has 2 N–H and O–H groups in total. The number of methoxy groups -OCH3 is 1. The third-order valence-corrected chi connectivity index (χ3v) is 5.93. The van der Waals surface area contributed by atoms with Gasteiger partial charge in [-0.05, 0) is 76.1 Å². The second kappa shape index (κ2) is 9.55. The number of benzene rings is 2. The fourth-order valence-corrected chi connectivity index (χ4v) is 4.05. The van der Waals surface area contributed by atoms with Crippen LogP contribution in [-0.4, -0.2) is 26.4 Å². The van der Waals surface area contributed by atoms with Crippen LogP contribution >= 0.6 is 15.9 Å². The van der Waals surface area contributed by atoms with Gasteiger partial charge in [0.2, 0.25) is 5.91 Å². The predicted molar refractivity (Wildman–Crippen MR) is 120 cm³/mol. The van der Waals surface area contributed by atoms with E-state index < -0.39 is 10.0 Å². The van der Waals surface area contributed by atoms with Crippen molar-refractivity contribution in [1.29, 1.82) is 0 Å². The molecule has 0 spiro atoms. The third-order valence-electron chi connectivity index (χ3n) is 3.94. The highest BCUT2D eigenvalue weighted by atomic mass is 79.9. The van der Waals surface area contributed by atoms with Gasteiger partial charge >= 0.3 is 0 Å². The molecule has 2 aromatic carbocycles. The average Bonchev–Trinajstić information content (AvgIpc) is 2.73. The van der Waals surface area contributed by atoms with Crippen molar-refractivity contribution in [2.24, 2.45) is 0 Å². The zero-order chi connectivity index (χ0) is 21.6. The molecule has 0 aliphatic carbocycles. The van der Waals surface area contributed by atoms with E-state index in [1.165, 1.54) is 36.5 Å². The summed E-state index contributed by atoms with van der Waals surface area (Å²) in [5.41, 5.74) is 1.29. The molecule has 0 bridgehead atoms. The van der Waals surface area contributed by atoms with Crippen LogP contribution < -0.4 is 14.8 Å². The molecule has 9 heteroatoms. The van der Waals surface area contributed by atoms with E-state index in [0.29, 0.717) is 11.4 Å². The lowest BCUT2D eigenvalue weighted by Gasteiger charge is -2.08. The third kappa shape index (κ3) is 5.68. The maximum atomic E-state index is 12.4. The molecule has 1 heterocycles. The normalized spacial score (nSPS) is 11.3. The Bertz CT molecular complexity index is 1160. The van der Waals surface area contributed by atoms with Gasteiger partial charge in [-0.1, -0.05) is 12.1 Å². The minimum absolute atomic E-state index is 0.0600. The van der Waals surface area contributed by atoms with Crippen molar-refractivity contribution in [2.45, 2.75) is 4.90 Å². The first kappa shape index (κ1) is 21.5. The molecule has 0 saturated carbocycles. The molecule has 0 fully saturated rings. The number of halogens is 1. The molecular formula is C21H18BrN3O4S. The SMILES string of the molecule is COc1ccc(C=CC(=O)Nc2ccc(S(=O)(=O)Nc3ccccn3)cc2)cc1Br. The fourth-order valence-electron chi connectivity index (χ4n) is 2.48. The summed E-state index contributed by atoms with van der Waals surface area (Å²) in [5, 5.41) is 2.69. The van der Waals surface area contributed by atoms with Crippen molar-refractivity contribution in [3.05, 3.63) is 83.0 Å². The van der Waals surface area contributed by atoms with Gasteiger partial charge < -0.3 is 10.1 Å². The molecule has 0 radical (unpaired) electrons. The van der Waals surface area contributed by atoms with Crippen molar-refractivity contribution < 1.29 is 17.9 Å². The number of anilines is 2. The zero-order valence-corrected chi connectivity index (χ0v) is 18.3. The first-order chi connectivity index (χ1) is 14.4. The monoisotopic (exact) mass is 487 g/mol. The molecule has 0 unspecified atom stereocenters. The molecular weight excluding hydrogens is 470 g/mol. The van der Waals surface area contributed by atoms with Gasteiger partial charge in [0.15, 0.2) is 0 Å². The summed E-state index contributed by atoms with van der Waals surface area (Å²) < 4.78 is 33.2. The maximum absolute atomic E-state index is 12.4. The Labute approximate surface area is 183 Å². The highest BCUT2D eigenvalue weighted by Crippen LogP contribution is 2.26. The van der Waals surface area contributed by atoms with E-state index in [-0.39, 0.29) is 16.6 Å². The van der Waals surface area contributed by atoms with Crippen molar-refractivity contribution >= 4 is 49.4 Å². The lowest BCUT2D eigenvalue weighted by Crippen LogP contribution is -2.14. The van der Waals surface area contributed by atoms with Gasteiger partial charge in [0.25, 0.3) is 10.0 Å². The highest BCUT2D eigenvalue weighted by molar-refractivity contribution is 9.10. The van der Waals surface area contributed by atoms with Gasteiger partial charge in [-0.15, -0.1) is 0 Å². The van der Waals surface area contributed by atoms with E-state index in [0.717, 1.165) is 10.0 Å². The molecule has 3 aromatic rings. The van der Waals surface area contributed by atoms with Crippen molar-refractivity contribution in [2.75, 3.05) is 17.1 Å². The van der Waals surface area contributed by atoms with Crippen LogP contribution in [0.5, 0.6) is 5.75 Å². The minimum atomic E-state index is -3.77. The number of sulfonamides is 1. The van der Waals surface area contributed by atoms with Crippen molar-refractivity contribution in [1.82, 2.24) is 4.98 Å². The van der Waals surface area contributed by atoms with Crippen LogP contribution in [0.4, 0.5) is 11.5 Å². The number of nitrogens with one attached hydrogen (secondary N) is 2. The number of rotatable bonds is 7. The van der Waals surface area contributed by atoms with Gasteiger partial charge in [-0.2, -0.15) is 0 Å². The van der Waals surface area contributed by atoms with Crippen LogP contribution in [0.3, 0.4) is 0 Å². The molecule has 0 saturated heterocycles. The molecule has 154 valence electrons. The van der Waals surface area contributed by atoms with E-state index in [9.17, 15) is 13.2 Å². The Morgan fingerprint density at radius 2 is 1.87 bits per heavy atom. The van der Waals surface area contributed by atoms with E-state index in [4.69, 9.17) is 4.74 Å². The van der Waals surface area contributed by atoms with Crippen molar-refractivity contribution in [3.63, 3.8) is 0 Å². The van der Waals surface area contributed by atoms with Crippen LogP contribution in [0.1, 0.15) is 5.56 Å². The lowest BCUT2D eigenvalue weighted by atomic mass is 10.2. The molecule has 30 heavy (non-hydrogen) atoms. The maximum Gasteiger partial charge on any atom is 0.263 e. The summed E-state index contributed by atoms with van der Waals surface area (Å²) in [6, 6.07) is 16.2. The van der Waals surface area contributed by atoms with Gasteiger partial charge in [-0.3, -0.25) is 9.52 Å². The summed E-state index contributed by atoms with van der Waals surface area (Å²) in [6.07, 6.45) is 4.55. The number of aromatic nitrogens is 1. The molecule has 3 rings (SSSR count). The molecule has 0 aliphatic rings. The summed E-state index contributed by atoms with van der Waals surface area (Å²) in [5.74, 6) is 0.582. The van der Waals surface area contributed by atoms with E-state index >= 15 is 0 Å². The lowest BCUT2D eigenvalue weighted by molar-refractivity contribution is -0.111. The second-order valence-corrected chi connectivity index (χ2v) is 8.60. The number of hydrogen-bond acceptors (Lipinski definition) is 5. The first-order valence-electron chi connectivity index (χ1n) is 8.74. The van der Waals surface area contributed by atoms with Crippen molar-refractivity contribution in [3.8, 4) is 5.75 Å². The van der Waals surface area contributed by atoms with Crippen LogP contribution in [-0.2, 0) is 14.8 Å². The van der Waals surface area contributed by atoms with E-state index in [1.54, 1.807) is 37.5 Å². The zero-order valence-electron chi connectivity index (χ0n) is 15.9. The minimum Gasteiger partial charge on any atom is -0.496 e. The summed E-state index contributed by atoms with van der Waals surface area (Å²) in [6.45, 7) is 0. The quantitative estimate of drug-likeness (QED) is 0.484. The number of amides is 1. The number of pyridine rings is 1. The average molecular weight is 488 g/mol. The number of ether oxygens (including phenoxy) is 1. The number of carbonyl (C=O) groups is 1. The van der Waals surface area contributed by atoms with Gasteiger partial charge in [0.05, 0.1) is 16.5 Å². The molecule has 0 atom stereocenters. The Kier molecular flexibility index (Phi) is 6.86. The number of hydrogen-bond donors (Lipinski definition) is 2. The molecule has 1 aromatic heterocycles. The number of carbonyl (C=O) groups excluding carboxylic acids is 1. The Balaban J connectivity index is 1.63. The number of nitrogens with zero attached hydrogens (tertiary/aromatic N) is 1. The van der Waals surface area contributed by atoms with Crippen LogP contribution in [0.2, 0.25) is 0 Å². The highest BCUT2D eigenvalue weighted by Gasteiger charge is 2.14. The topological polar surface area (TPSA) is 97.4 Å². The smallest absolute Gasteiger partial charge is 0.263 e. The summed E-state index contributed by atoms with van der Waals surface area (Å²) in [4.78, 5) is 16.1. The van der Waals surface area contributed by atoms with Crippen LogP contribution in [0, 0.1) is 0 Å². The molecule has 1 amide bonds. The summed E-state index contributed by atoms with van der Waals surface area (Å²) in [7, 11) is -2.19. The predicted octanol–water partition coefficient (Wildman–Crippen LogP) is 4.31. The molecule has 0 aliphatic heterocycles. The van der Waals surface area contributed by atoms with Crippen LogP contribution in [0.15, 0.2) is 82.3 Å². The Morgan fingerprint density at radius 1 is 1.10 bits per heavy atom. The van der Waals surface area contributed by atoms with Gasteiger partial charge in [0, 0.05) is 18.0 Å². The van der Waals surface area contributed by atoms with E-state index in [2.05, 4.69) is 31.0 Å². The van der Waals surface area contributed by atoms with Crippen LogP contribution in [0.25, 0.3) is 6.08 Å². The standard InChI is InChI=1S/C21H18BrN3O4S/c1-29-19-11-5-15(14-18(19)22)6-12-21(26)24-16-7-9-17(10-8-16)30(27,28)25-20-4-2-3-13-23-20/h2-14H,1H3,(H,23,25)(H,24,26). The summed E-state index contributed by atoms with van der Waals surface area (Å²) >= 11 is 3.39. The Morgan fingerprint density at radius 3 is 2.50 bits per heavy atom. The Hall–Kier alpha value is -3.17. The fraction of sp³-hybridized carbons (Fsp3) is 0.0476. The first-order valence-corrected chi connectivity index (χ1v) is 11.0. The second-order valence-electron chi connectivity index (χ2n) is 6.06. The van der Waals surface area contributed by atoms with Gasteiger partial charge in [0.1, 0.15) is 11.6 Å². The molecule has 7 nitrogen and oxygen atoms in total. The largest absolute Gasteiger partial charge is 0.496 e.